The van der Waals surface area contributed by atoms with Gasteiger partial charge in [0.1, 0.15) is 10.8 Å². The average molecular weight is 349 g/mol. The van der Waals surface area contributed by atoms with Crippen LogP contribution in [0.25, 0.3) is 28.5 Å². The van der Waals surface area contributed by atoms with Crippen LogP contribution in [0.2, 0.25) is 0 Å². The molecule has 0 spiro atoms. The molecule has 7 heteroatoms. The number of hydrogen-bond donors (Lipinski definition) is 0. The molecule has 0 N–H and O–H groups in total. The Morgan fingerprint density at radius 3 is 2.60 bits per heavy atom. The third-order valence-electron chi connectivity index (χ3n) is 3.55. The number of nitrogens with zero attached hydrogens (tertiary/aromatic N) is 5. The van der Waals surface area contributed by atoms with E-state index in [9.17, 15) is 0 Å². The molecule has 0 radical (unpaired) electrons. The summed E-state index contributed by atoms with van der Waals surface area (Å²) < 4.78 is 7.21. The van der Waals surface area contributed by atoms with E-state index in [1.165, 1.54) is 11.3 Å². The van der Waals surface area contributed by atoms with Crippen molar-refractivity contribution in [2.45, 2.75) is 6.92 Å². The van der Waals surface area contributed by atoms with Crippen LogP contribution < -0.4 is 4.74 Å². The van der Waals surface area contributed by atoms with Crippen LogP contribution in [0.15, 0.2) is 48.8 Å². The molecular weight excluding hydrogens is 334 g/mol. The fourth-order valence-electron chi connectivity index (χ4n) is 2.39. The van der Waals surface area contributed by atoms with Gasteiger partial charge in [-0.25, -0.2) is 0 Å². The molecule has 0 saturated carbocycles. The summed E-state index contributed by atoms with van der Waals surface area (Å²) in [5.74, 6) is 1.59. The first-order valence-corrected chi connectivity index (χ1v) is 8.69. The Balaban J connectivity index is 1.59. The Morgan fingerprint density at radius 2 is 1.84 bits per heavy atom. The maximum Gasteiger partial charge on any atom is 0.235 e. The number of ether oxygens (including phenoxy) is 1. The van der Waals surface area contributed by atoms with Gasteiger partial charge in [0.25, 0.3) is 0 Å². The number of aromatic nitrogens is 5. The minimum absolute atomic E-state index is 0.669. The molecule has 25 heavy (non-hydrogen) atoms. The van der Waals surface area contributed by atoms with Crippen molar-refractivity contribution >= 4 is 28.4 Å². The molecule has 0 bridgehead atoms. The molecule has 0 aliphatic carbocycles. The highest BCUT2D eigenvalue weighted by atomic mass is 32.1. The van der Waals surface area contributed by atoms with E-state index in [4.69, 9.17) is 4.74 Å². The second kappa shape index (κ2) is 6.82. The standard InChI is InChI=1S/C18H15N5OS/c1-2-24-15-6-3-13(4-7-15)5-8-16-22-23-17(20-21-18(23)25-16)14-9-11-19-12-10-14/h3-12H,2H2,1H3. The molecule has 124 valence electrons. The zero-order valence-corrected chi connectivity index (χ0v) is 14.3. The van der Waals surface area contributed by atoms with E-state index < -0.39 is 0 Å². The van der Waals surface area contributed by atoms with E-state index in [0.717, 1.165) is 32.7 Å². The predicted molar refractivity (Wildman–Crippen MR) is 98.4 cm³/mol. The maximum absolute atomic E-state index is 5.45. The van der Waals surface area contributed by atoms with Crippen molar-refractivity contribution in [1.29, 1.82) is 0 Å². The lowest BCUT2D eigenvalue weighted by Crippen LogP contribution is -1.91. The summed E-state index contributed by atoms with van der Waals surface area (Å²) in [7, 11) is 0. The smallest absolute Gasteiger partial charge is 0.235 e. The SMILES string of the molecule is CCOc1ccc(C=Cc2nn3c(-c4ccncc4)nnc3s2)cc1. The number of rotatable bonds is 5. The molecule has 3 heterocycles. The summed E-state index contributed by atoms with van der Waals surface area (Å²) in [6, 6.07) is 11.7. The van der Waals surface area contributed by atoms with Crippen molar-refractivity contribution in [3.05, 3.63) is 59.4 Å². The molecule has 1 aromatic carbocycles. The van der Waals surface area contributed by atoms with Crippen molar-refractivity contribution < 1.29 is 4.74 Å². The third-order valence-corrected chi connectivity index (χ3v) is 4.42. The predicted octanol–water partition coefficient (Wildman–Crippen LogP) is 3.82. The Morgan fingerprint density at radius 1 is 1.04 bits per heavy atom. The van der Waals surface area contributed by atoms with Crippen molar-refractivity contribution in [2.75, 3.05) is 6.61 Å². The Labute approximate surface area is 148 Å². The topological polar surface area (TPSA) is 65.2 Å². The lowest BCUT2D eigenvalue weighted by molar-refractivity contribution is 0.340. The Bertz CT molecular complexity index is 1010. The Kier molecular flexibility index (Phi) is 4.22. The molecule has 4 aromatic rings. The molecule has 0 aliphatic rings. The van der Waals surface area contributed by atoms with Gasteiger partial charge in [-0.3, -0.25) is 4.98 Å². The van der Waals surface area contributed by atoms with Gasteiger partial charge < -0.3 is 4.74 Å². The van der Waals surface area contributed by atoms with Gasteiger partial charge in [-0.1, -0.05) is 29.5 Å². The minimum atomic E-state index is 0.669. The van der Waals surface area contributed by atoms with Crippen molar-refractivity contribution in [1.82, 2.24) is 24.8 Å². The molecular formula is C18H15N5OS. The van der Waals surface area contributed by atoms with Crippen LogP contribution in [0.4, 0.5) is 0 Å². The molecule has 6 nitrogen and oxygen atoms in total. The summed E-state index contributed by atoms with van der Waals surface area (Å²) in [6.45, 7) is 2.64. The fourth-order valence-corrected chi connectivity index (χ4v) is 3.13. The highest BCUT2D eigenvalue weighted by Gasteiger charge is 2.11. The van der Waals surface area contributed by atoms with E-state index >= 15 is 0 Å². The zero-order valence-electron chi connectivity index (χ0n) is 13.5. The van der Waals surface area contributed by atoms with Crippen molar-refractivity contribution in [2.24, 2.45) is 0 Å². The van der Waals surface area contributed by atoms with Crippen LogP contribution in [0.5, 0.6) is 5.75 Å². The second-order valence-corrected chi connectivity index (χ2v) is 6.22. The largest absolute Gasteiger partial charge is 0.494 e. The van der Waals surface area contributed by atoms with Crippen LogP contribution in [-0.2, 0) is 0 Å². The molecule has 0 amide bonds. The molecule has 4 rings (SSSR count). The third kappa shape index (κ3) is 3.27. The second-order valence-electron chi connectivity index (χ2n) is 5.23. The molecule has 0 saturated heterocycles. The first-order chi connectivity index (χ1) is 12.3. The first-order valence-electron chi connectivity index (χ1n) is 7.87. The quantitative estimate of drug-likeness (QED) is 0.548. The van der Waals surface area contributed by atoms with Gasteiger partial charge in [0.15, 0.2) is 5.82 Å². The normalized spacial score (nSPS) is 11.4. The molecule has 0 aliphatic heterocycles. The van der Waals surface area contributed by atoms with Crippen LogP contribution in [-0.4, -0.2) is 31.4 Å². The average Bonchev–Trinajstić information content (AvgIpc) is 3.22. The van der Waals surface area contributed by atoms with Crippen LogP contribution in [0.1, 0.15) is 17.5 Å². The summed E-state index contributed by atoms with van der Waals surface area (Å²) in [4.78, 5) is 4.79. The van der Waals surface area contributed by atoms with Crippen LogP contribution in [0, 0.1) is 0 Å². The summed E-state index contributed by atoms with van der Waals surface area (Å²) in [5.41, 5.74) is 2.03. The number of pyridine rings is 1. The van der Waals surface area contributed by atoms with Gasteiger partial charge in [0.05, 0.1) is 6.61 Å². The molecule has 0 fully saturated rings. The first kappa shape index (κ1) is 15.5. The Hall–Kier alpha value is -3.06. The van der Waals surface area contributed by atoms with E-state index in [1.807, 2.05) is 55.5 Å². The summed E-state index contributed by atoms with van der Waals surface area (Å²) in [5, 5.41) is 13.9. The zero-order chi connectivity index (χ0) is 17.1. The fraction of sp³-hybridized carbons (Fsp3) is 0.111. The molecule has 0 unspecified atom stereocenters. The van der Waals surface area contributed by atoms with Crippen LogP contribution >= 0.6 is 11.3 Å². The maximum atomic E-state index is 5.45. The van der Waals surface area contributed by atoms with Gasteiger partial charge in [0.2, 0.25) is 4.96 Å². The number of hydrogen-bond acceptors (Lipinski definition) is 6. The lowest BCUT2D eigenvalue weighted by atomic mass is 10.2. The summed E-state index contributed by atoms with van der Waals surface area (Å²) in [6.07, 6.45) is 7.46. The van der Waals surface area contributed by atoms with Crippen molar-refractivity contribution in [3.8, 4) is 17.1 Å². The molecule has 3 aromatic heterocycles. The number of benzene rings is 1. The van der Waals surface area contributed by atoms with Gasteiger partial charge in [0, 0.05) is 18.0 Å². The highest BCUT2D eigenvalue weighted by Crippen LogP contribution is 2.22. The highest BCUT2D eigenvalue weighted by molar-refractivity contribution is 7.17. The summed E-state index contributed by atoms with van der Waals surface area (Å²) >= 11 is 1.49. The van der Waals surface area contributed by atoms with Crippen LogP contribution in [0.3, 0.4) is 0 Å². The van der Waals surface area contributed by atoms with Crippen molar-refractivity contribution in [3.63, 3.8) is 0 Å². The van der Waals surface area contributed by atoms with E-state index in [0.29, 0.717) is 6.61 Å². The number of fused-ring (bicyclic) bond motifs is 1. The van der Waals surface area contributed by atoms with E-state index in [-0.39, 0.29) is 0 Å². The van der Waals surface area contributed by atoms with Gasteiger partial charge in [-0.15, -0.1) is 10.2 Å². The van der Waals surface area contributed by atoms with Gasteiger partial charge in [-0.05, 0) is 42.8 Å². The van der Waals surface area contributed by atoms with E-state index in [2.05, 4.69) is 20.3 Å². The lowest BCUT2D eigenvalue weighted by Gasteiger charge is -2.01. The monoisotopic (exact) mass is 349 g/mol. The van der Waals surface area contributed by atoms with E-state index in [1.54, 1.807) is 16.9 Å². The minimum Gasteiger partial charge on any atom is -0.494 e. The van der Waals surface area contributed by atoms with Gasteiger partial charge >= 0.3 is 0 Å². The molecule has 0 atom stereocenters. The van der Waals surface area contributed by atoms with Gasteiger partial charge in [-0.2, -0.15) is 9.61 Å².